The summed E-state index contributed by atoms with van der Waals surface area (Å²) in [5.74, 6) is 0.0717. The van der Waals surface area contributed by atoms with Crippen LogP contribution in [0.25, 0.3) is 11.0 Å². The summed E-state index contributed by atoms with van der Waals surface area (Å²) in [6.07, 6.45) is 0.956. The van der Waals surface area contributed by atoms with Crippen LogP contribution in [-0.4, -0.2) is 45.7 Å². The number of carbonyl (C=O) groups is 1. The first-order valence-electron chi connectivity index (χ1n) is 8.56. The maximum atomic E-state index is 12.5. The van der Waals surface area contributed by atoms with E-state index in [1.54, 1.807) is 16.6 Å². The maximum absolute atomic E-state index is 12.5. The minimum absolute atomic E-state index is 0.0717. The van der Waals surface area contributed by atoms with Crippen molar-refractivity contribution in [3.8, 4) is 0 Å². The van der Waals surface area contributed by atoms with Gasteiger partial charge in [0.05, 0.1) is 5.39 Å². The number of aromatic amines is 1. The lowest BCUT2D eigenvalue weighted by Crippen LogP contribution is -2.39. The number of nitrogens with zero attached hydrogens (tertiary/aromatic N) is 3. The van der Waals surface area contributed by atoms with Gasteiger partial charge in [0, 0.05) is 32.8 Å². The molecule has 0 radical (unpaired) electrons. The Balaban J connectivity index is 2.20. The van der Waals surface area contributed by atoms with Crippen LogP contribution < -0.4 is 11.3 Å². The molecule has 2 aromatic rings. The number of nitrogens with one attached hydrogen (secondary N) is 1. The molecule has 7 heteroatoms. The monoisotopic (exact) mass is 347 g/mol. The summed E-state index contributed by atoms with van der Waals surface area (Å²) in [6.45, 7) is 9.09. The molecule has 0 aromatic carbocycles. The Kier molecular flexibility index (Phi) is 5.37. The Hall–Kier alpha value is -2.15. The predicted octanol–water partition coefficient (Wildman–Crippen LogP) is 1.25. The van der Waals surface area contributed by atoms with Crippen molar-refractivity contribution in [2.45, 2.75) is 40.5 Å². The average Bonchev–Trinajstić information content (AvgIpc) is 2.80. The van der Waals surface area contributed by atoms with E-state index in [-0.39, 0.29) is 16.9 Å². The highest BCUT2D eigenvalue weighted by Gasteiger charge is 2.22. The van der Waals surface area contributed by atoms with E-state index < -0.39 is 0 Å². The second kappa shape index (κ2) is 7.00. The topological polar surface area (TPSA) is 97.0 Å². The van der Waals surface area contributed by atoms with E-state index in [1.807, 2.05) is 34.7 Å². The SMILES string of the molecule is Cc1nc2c(c(C)c1CCC(=O)N(C)CC(C)(C)CN)c(=O)[nH]n2C. The number of aryl methyl sites for hydroxylation is 3. The summed E-state index contributed by atoms with van der Waals surface area (Å²) < 4.78 is 1.63. The quantitative estimate of drug-likeness (QED) is 0.822. The Morgan fingerprint density at radius 2 is 2.00 bits per heavy atom. The molecule has 0 spiro atoms. The van der Waals surface area contributed by atoms with Gasteiger partial charge in [0.15, 0.2) is 5.65 Å². The molecule has 0 unspecified atom stereocenters. The van der Waals surface area contributed by atoms with Crippen molar-refractivity contribution in [2.75, 3.05) is 20.1 Å². The number of fused-ring (bicyclic) bond motifs is 1. The molecule has 0 saturated carbocycles. The first kappa shape index (κ1) is 19.2. The fourth-order valence-corrected chi connectivity index (χ4v) is 3.23. The third-order valence-electron chi connectivity index (χ3n) is 4.81. The first-order chi connectivity index (χ1) is 11.6. The van der Waals surface area contributed by atoms with Gasteiger partial charge in [-0.05, 0) is 43.4 Å². The second-order valence-electron chi connectivity index (χ2n) is 7.62. The van der Waals surface area contributed by atoms with Gasteiger partial charge in [-0.2, -0.15) is 0 Å². The summed E-state index contributed by atoms with van der Waals surface area (Å²) in [5.41, 5.74) is 8.89. The summed E-state index contributed by atoms with van der Waals surface area (Å²) in [4.78, 5) is 30.9. The average molecular weight is 347 g/mol. The molecular formula is C18H29N5O2. The lowest BCUT2D eigenvalue weighted by atomic mass is 9.93. The fourth-order valence-electron chi connectivity index (χ4n) is 3.23. The number of amides is 1. The lowest BCUT2D eigenvalue weighted by molar-refractivity contribution is -0.131. The number of rotatable bonds is 6. The zero-order chi connectivity index (χ0) is 18.9. The molecule has 0 aliphatic heterocycles. The molecular weight excluding hydrogens is 318 g/mol. The Morgan fingerprint density at radius 1 is 1.36 bits per heavy atom. The summed E-state index contributed by atoms with van der Waals surface area (Å²) in [6, 6.07) is 0. The highest BCUT2D eigenvalue weighted by Crippen LogP contribution is 2.21. The smallest absolute Gasteiger partial charge is 0.273 e. The Bertz CT molecular complexity index is 847. The van der Waals surface area contributed by atoms with Crippen LogP contribution in [0.1, 0.15) is 37.1 Å². The van der Waals surface area contributed by atoms with Crippen molar-refractivity contribution in [1.82, 2.24) is 19.7 Å². The molecule has 0 atom stereocenters. The minimum atomic E-state index is -0.142. The van der Waals surface area contributed by atoms with E-state index in [9.17, 15) is 9.59 Å². The van der Waals surface area contributed by atoms with E-state index in [0.717, 1.165) is 16.8 Å². The third kappa shape index (κ3) is 3.92. The molecule has 2 rings (SSSR count). The van der Waals surface area contributed by atoms with Gasteiger partial charge in [0.2, 0.25) is 5.91 Å². The van der Waals surface area contributed by atoms with Crippen molar-refractivity contribution in [2.24, 2.45) is 18.2 Å². The highest BCUT2D eigenvalue weighted by atomic mass is 16.2. The lowest BCUT2D eigenvalue weighted by Gasteiger charge is -2.29. The molecule has 7 nitrogen and oxygen atoms in total. The van der Waals surface area contributed by atoms with Gasteiger partial charge >= 0.3 is 0 Å². The number of nitrogens with two attached hydrogens (primary N) is 1. The van der Waals surface area contributed by atoms with Crippen LogP contribution in [0.3, 0.4) is 0 Å². The molecule has 0 saturated heterocycles. The number of pyridine rings is 1. The maximum Gasteiger partial charge on any atom is 0.273 e. The van der Waals surface area contributed by atoms with Gasteiger partial charge < -0.3 is 10.6 Å². The van der Waals surface area contributed by atoms with E-state index in [1.165, 1.54) is 0 Å². The van der Waals surface area contributed by atoms with Crippen LogP contribution in [0, 0.1) is 19.3 Å². The van der Waals surface area contributed by atoms with Crippen molar-refractivity contribution < 1.29 is 4.79 Å². The van der Waals surface area contributed by atoms with Crippen molar-refractivity contribution in [1.29, 1.82) is 0 Å². The van der Waals surface area contributed by atoms with Gasteiger partial charge in [0.25, 0.3) is 5.56 Å². The summed E-state index contributed by atoms with van der Waals surface area (Å²) in [5, 5.41) is 3.34. The zero-order valence-electron chi connectivity index (χ0n) is 16.1. The molecule has 2 heterocycles. The number of carbonyl (C=O) groups excluding carboxylic acids is 1. The van der Waals surface area contributed by atoms with Crippen LogP contribution in [0.5, 0.6) is 0 Å². The van der Waals surface area contributed by atoms with Gasteiger partial charge in [-0.3, -0.25) is 19.4 Å². The van der Waals surface area contributed by atoms with E-state index in [2.05, 4.69) is 10.1 Å². The molecule has 0 bridgehead atoms. The zero-order valence-corrected chi connectivity index (χ0v) is 16.1. The van der Waals surface area contributed by atoms with Crippen molar-refractivity contribution >= 4 is 16.9 Å². The van der Waals surface area contributed by atoms with Gasteiger partial charge in [-0.25, -0.2) is 4.98 Å². The fraction of sp³-hybridized carbons (Fsp3) is 0.611. The normalized spacial score (nSPS) is 12.0. The van der Waals surface area contributed by atoms with Gasteiger partial charge in [-0.15, -0.1) is 0 Å². The standard InChI is InChI=1S/C18H29N5O2/c1-11-13(7-8-14(24)22(5)10-18(3,4)9-19)12(2)20-16-15(11)17(25)21-23(16)6/h7-10,19H2,1-6H3,(H,21,25). The van der Waals surface area contributed by atoms with Gasteiger partial charge in [-0.1, -0.05) is 13.8 Å². The van der Waals surface area contributed by atoms with Crippen molar-refractivity contribution in [3.05, 3.63) is 27.2 Å². The summed E-state index contributed by atoms with van der Waals surface area (Å²) >= 11 is 0. The molecule has 3 N–H and O–H groups in total. The predicted molar refractivity (Wildman–Crippen MR) is 99.6 cm³/mol. The van der Waals surface area contributed by atoms with Crippen LogP contribution in [0.4, 0.5) is 0 Å². The molecule has 25 heavy (non-hydrogen) atoms. The van der Waals surface area contributed by atoms with E-state index >= 15 is 0 Å². The van der Waals surface area contributed by atoms with Crippen LogP contribution in [0.2, 0.25) is 0 Å². The molecule has 0 fully saturated rings. The second-order valence-corrected chi connectivity index (χ2v) is 7.62. The Morgan fingerprint density at radius 3 is 2.60 bits per heavy atom. The minimum Gasteiger partial charge on any atom is -0.345 e. The third-order valence-corrected chi connectivity index (χ3v) is 4.81. The van der Waals surface area contributed by atoms with E-state index in [0.29, 0.717) is 37.0 Å². The molecule has 0 aliphatic rings. The Labute approximate surface area is 148 Å². The van der Waals surface area contributed by atoms with Crippen molar-refractivity contribution in [3.63, 3.8) is 0 Å². The van der Waals surface area contributed by atoms with Crippen LogP contribution >= 0.6 is 0 Å². The molecule has 1 amide bonds. The summed E-state index contributed by atoms with van der Waals surface area (Å²) in [7, 11) is 3.58. The molecule has 2 aromatic heterocycles. The molecule has 0 aliphatic carbocycles. The highest BCUT2D eigenvalue weighted by molar-refractivity contribution is 5.81. The molecule has 138 valence electrons. The number of hydrogen-bond donors (Lipinski definition) is 2. The number of hydrogen-bond acceptors (Lipinski definition) is 4. The van der Waals surface area contributed by atoms with Gasteiger partial charge in [0.1, 0.15) is 0 Å². The first-order valence-corrected chi connectivity index (χ1v) is 8.56. The number of H-pyrrole nitrogens is 1. The van der Waals surface area contributed by atoms with E-state index in [4.69, 9.17) is 5.73 Å². The largest absolute Gasteiger partial charge is 0.345 e. The number of aromatic nitrogens is 3. The van der Waals surface area contributed by atoms with Crippen LogP contribution in [-0.2, 0) is 18.3 Å². The van der Waals surface area contributed by atoms with Crippen LogP contribution in [0.15, 0.2) is 4.79 Å².